The molecule has 2 aliphatic carbocycles. The number of benzene rings is 2. The van der Waals surface area contributed by atoms with Crippen molar-refractivity contribution in [3.05, 3.63) is 70.3 Å². The van der Waals surface area contributed by atoms with Gasteiger partial charge >= 0.3 is 0 Å². The molecule has 0 amide bonds. The van der Waals surface area contributed by atoms with E-state index in [9.17, 15) is 0 Å². The molecule has 2 aromatic carbocycles. The third-order valence-electron chi connectivity index (χ3n) is 6.76. The molecule has 0 saturated heterocycles. The highest BCUT2D eigenvalue weighted by Crippen LogP contribution is 2.55. The molecule has 24 heavy (non-hydrogen) atoms. The lowest BCUT2D eigenvalue weighted by Crippen LogP contribution is -2.34. The van der Waals surface area contributed by atoms with Crippen molar-refractivity contribution >= 4 is 0 Å². The van der Waals surface area contributed by atoms with Crippen molar-refractivity contribution in [1.82, 2.24) is 0 Å². The summed E-state index contributed by atoms with van der Waals surface area (Å²) in [6, 6.07) is 16.6. The largest absolute Gasteiger partial charge is 0.0590 e. The Balaban J connectivity index is 1.82. The minimum Gasteiger partial charge on any atom is -0.0590 e. The van der Waals surface area contributed by atoms with Crippen molar-refractivity contribution in [1.29, 1.82) is 0 Å². The third-order valence-corrected chi connectivity index (χ3v) is 6.76. The first-order valence-electron chi connectivity index (χ1n) is 9.47. The Morgan fingerprint density at radius 1 is 0.625 bits per heavy atom. The van der Waals surface area contributed by atoms with Crippen molar-refractivity contribution < 1.29 is 0 Å². The fourth-order valence-corrected chi connectivity index (χ4v) is 4.63. The standard InChI is InChI=1S/C24H30/c1-17-6-8-18(9-7-17)24(14-15-24)19-10-11-20-21(16-19)23(4,5)13-12-22(20,2)3/h6-11,16H,12-15H2,1-5H3. The maximum atomic E-state index is 2.56. The van der Waals surface area contributed by atoms with Gasteiger partial charge in [-0.2, -0.15) is 0 Å². The summed E-state index contributed by atoms with van der Waals surface area (Å²) in [5.74, 6) is 0. The van der Waals surface area contributed by atoms with Crippen molar-refractivity contribution in [2.45, 2.75) is 76.5 Å². The Labute approximate surface area is 147 Å². The predicted molar refractivity (Wildman–Crippen MR) is 103 cm³/mol. The predicted octanol–water partition coefficient (Wildman–Crippen LogP) is 6.42. The van der Waals surface area contributed by atoms with Gasteiger partial charge in [-0.1, -0.05) is 75.7 Å². The van der Waals surface area contributed by atoms with Gasteiger partial charge in [-0.25, -0.2) is 0 Å². The maximum Gasteiger partial charge on any atom is 0.0203 e. The lowest BCUT2D eigenvalue weighted by molar-refractivity contribution is 0.331. The van der Waals surface area contributed by atoms with E-state index in [2.05, 4.69) is 77.1 Å². The van der Waals surface area contributed by atoms with Crippen molar-refractivity contribution in [2.75, 3.05) is 0 Å². The van der Waals surface area contributed by atoms with Gasteiger partial charge in [0, 0.05) is 5.41 Å². The van der Waals surface area contributed by atoms with E-state index in [4.69, 9.17) is 0 Å². The summed E-state index contributed by atoms with van der Waals surface area (Å²) in [6.45, 7) is 11.8. The average Bonchev–Trinajstić information content (AvgIpc) is 3.34. The van der Waals surface area contributed by atoms with Crippen LogP contribution in [0.5, 0.6) is 0 Å². The number of aryl methyl sites for hydroxylation is 1. The minimum absolute atomic E-state index is 0.278. The highest BCUT2D eigenvalue weighted by atomic mass is 14.5. The van der Waals surface area contributed by atoms with Gasteiger partial charge in [-0.3, -0.25) is 0 Å². The molecule has 0 spiro atoms. The SMILES string of the molecule is Cc1ccc(C2(c3ccc4c(c3)C(C)(C)CCC4(C)C)CC2)cc1. The highest BCUT2D eigenvalue weighted by molar-refractivity contribution is 5.51. The van der Waals surface area contributed by atoms with E-state index in [1.54, 1.807) is 11.1 Å². The van der Waals surface area contributed by atoms with Crippen LogP contribution in [-0.2, 0) is 16.2 Å². The molecule has 0 nitrogen and oxygen atoms in total. The van der Waals surface area contributed by atoms with Gasteiger partial charge in [-0.05, 0) is 65.7 Å². The van der Waals surface area contributed by atoms with Crippen molar-refractivity contribution in [3.63, 3.8) is 0 Å². The van der Waals surface area contributed by atoms with Gasteiger partial charge in [-0.15, -0.1) is 0 Å². The molecule has 0 heterocycles. The van der Waals surface area contributed by atoms with E-state index >= 15 is 0 Å². The van der Waals surface area contributed by atoms with Crippen LogP contribution in [0.1, 0.15) is 81.2 Å². The van der Waals surface area contributed by atoms with Crippen LogP contribution in [0.4, 0.5) is 0 Å². The fraction of sp³-hybridized carbons (Fsp3) is 0.500. The summed E-state index contributed by atoms with van der Waals surface area (Å²) in [5, 5.41) is 0. The average molecular weight is 319 g/mol. The molecule has 0 aromatic heterocycles. The van der Waals surface area contributed by atoms with E-state index in [0.717, 1.165) is 0 Å². The molecule has 1 fully saturated rings. The van der Waals surface area contributed by atoms with E-state index < -0.39 is 0 Å². The van der Waals surface area contributed by atoms with Crippen molar-refractivity contribution in [2.24, 2.45) is 0 Å². The molecule has 2 aromatic rings. The molecule has 0 unspecified atom stereocenters. The molecule has 0 heteroatoms. The van der Waals surface area contributed by atoms with Crippen LogP contribution in [0, 0.1) is 6.92 Å². The second kappa shape index (κ2) is 4.97. The Kier molecular flexibility index (Phi) is 3.30. The summed E-state index contributed by atoms with van der Waals surface area (Å²) in [5.41, 5.74) is 8.44. The zero-order valence-electron chi connectivity index (χ0n) is 15.9. The van der Waals surface area contributed by atoms with Gasteiger partial charge in [0.2, 0.25) is 0 Å². The molecule has 0 aliphatic heterocycles. The van der Waals surface area contributed by atoms with Crippen molar-refractivity contribution in [3.8, 4) is 0 Å². The van der Waals surface area contributed by atoms with Crippen LogP contribution in [0.2, 0.25) is 0 Å². The second-order valence-corrected chi connectivity index (χ2v) is 9.48. The second-order valence-electron chi connectivity index (χ2n) is 9.48. The number of hydrogen-bond acceptors (Lipinski definition) is 0. The van der Waals surface area contributed by atoms with E-state index in [-0.39, 0.29) is 5.41 Å². The molecule has 0 atom stereocenters. The number of fused-ring (bicyclic) bond motifs is 1. The molecule has 126 valence electrons. The highest BCUT2D eigenvalue weighted by Gasteiger charge is 2.47. The Morgan fingerprint density at radius 2 is 1.17 bits per heavy atom. The van der Waals surface area contributed by atoms with E-state index in [0.29, 0.717) is 10.8 Å². The molecular formula is C24H30. The zero-order valence-corrected chi connectivity index (χ0v) is 15.9. The third kappa shape index (κ3) is 2.34. The maximum absolute atomic E-state index is 2.56. The zero-order chi connectivity index (χ0) is 17.2. The Morgan fingerprint density at radius 3 is 1.75 bits per heavy atom. The summed E-state index contributed by atoms with van der Waals surface area (Å²) >= 11 is 0. The van der Waals surface area contributed by atoms with Crippen LogP contribution in [-0.4, -0.2) is 0 Å². The molecule has 0 bridgehead atoms. The summed E-state index contributed by atoms with van der Waals surface area (Å²) in [7, 11) is 0. The summed E-state index contributed by atoms with van der Waals surface area (Å²) < 4.78 is 0. The first-order chi connectivity index (χ1) is 11.2. The van der Waals surface area contributed by atoms with Crippen LogP contribution in [0.15, 0.2) is 42.5 Å². The van der Waals surface area contributed by atoms with E-state index in [1.807, 2.05) is 0 Å². The number of rotatable bonds is 2. The minimum atomic E-state index is 0.278. The van der Waals surface area contributed by atoms with Gasteiger partial charge in [0.15, 0.2) is 0 Å². The van der Waals surface area contributed by atoms with Crippen LogP contribution in [0.3, 0.4) is 0 Å². The molecule has 2 aliphatic rings. The van der Waals surface area contributed by atoms with Crippen LogP contribution in [0.25, 0.3) is 0 Å². The normalized spacial score (nSPS) is 22.7. The van der Waals surface area contributed by atoms with Gasteiger partial charge in [0.05, 0.1) is 0 Å². The van der Waals surface area contributed by atoms with Gasteiger partial charge < -0.3 is 0 Å². The summed E-state index contributed by atoms with van der Waals surface area (Å²) in [6.07, 6.45) is 5.15. The lowest BCUT2D eigenvalue weighted by Gasteiger charge is -2.42. The Bertz CT molecular complexity index is 770. The van der Waals surface area contributed by atoms with Gasteiger partial charge in [0.1, 0.15) is 0 Å². The fourth-order valence-electron chi connectivity index (χ4n) is 4.63. The molecule has 0 radical (unpaired) electrons. The molecule has 0 N–H and O–H groups in total. The summed E-state index contributed by atoms with van der Waals surface area (Å²) in [4.78, 5) is 0. The monoisotopic (exact) mass is 318 g/mol. The van der Waals surface area contributed by atoms with E-state index in [1.165, 1.54) is 42.4 Å². The molecular weight excluding hydrogens is 288 g/mol. The number of hydrogen-bond donors (Lipinski definition) is 0. The molecule has 4 rings (SSSR count). The smallest absolute Gasteiger partial charge is 0.0203 e. The van der Waals surface area contributed by atoms with Gasteiger partial charge in [0.25, 0.3) is 0 Å². The quantitative estimate of drug-likeness (QED) is 0.599. The first-order valence-corrected chi connectivity index (χ1v) is 9.47. The first kappa shape index (κ1) is 15.9. The topological polar surface area (TPSA) is 0 Å². The Hall–Kier alpha value is -1.56. The van der Waals surface area contributed by atoms with Crippen LogP contribution >= 0.6 is 0 Å². The van der Waals surface area contributed by atoms with Crippen LogP contribution < -0.4 is 0 Å². The lowest BCUT2D eigenvalue weighted by atomic mass is 9.62. The molecule has 1 saturated carbocycles.